The maximum Gasteiger partial charge on any atom is 0.306 e. The lowest BCUT2D eigenvalue weighted by Gasteiger charge is -2.12. The third-order valence-corrected chi connectivity index (χ3v) is 4.35. The van der Waals surface area contributed by atoms with E-state index in [1.165, 1.54) is 57.8 Å². The summed E-state index contributed by atoms with van der Waals surface area (Å²) in [5.41, 5.74) is 0. The molecule has 0 aromatic rings. The zero-order chi connectivity index (χ0) is 18.6. The summed E-state index contributed by atoms with van der Waals surface area (Å²) >= 11 is 0. The number of hydrogen-bond donors (Lipinski definition) is 2. The molecule has 0 atom stereocenters. The normalized spacial score (nSPS) is 11.5. The molecule has 0 aliphatic rings. The lowest BCUT2D eigenvalue weighted by molar-refractivity contribution is -0.153. The van der Waals surface area contributed by atoms with Crippen molar-refractivity contribution in [2.75, 3.05) is 13.2 Å². The highest BCUT2D eigenvalue weighted by molar-refractivity contribution is 5.69. The highest BCUT2D eigenvalue weighted by Crippen LogP contribution is 2.11. The van der Waals surface area contributed by atoms with Gasteiger partial charge in [-0.05, 0) is 32.1 Å². The maximum atomic E-state index is 11.4. The van der Waals surface area contributed by atoms with Crippen molar-refractivity contribution in [3.63, 3.8) is 0 Å². The average molecular weight is 357 g/mol. The van der Waals surface area contributed by atoms with E-state index < -0.39 is 6.10 Å². The first-order valence-corrected chi connectivity index (χ1v) is 10.3. The molecular formula is C21H40O4. The van der Waals surface area contributed by atoms with Gasteiger partial charge in [0, 0.05) is 6.42 Å². The Bertz CT molecular complexity index is 311. The Morgan fingerprint density at radius 1 is 0.800 bits per heavy atom. The molecule has 0 aliphatic heterocycles. The summed E-state index contributed by atoms with van der Waals surface area (Å²) in [4.78, 5) is 11.4. The number of hydrogen-bond acceptors (Lipinski definition) is 4. The molecule has 4 nitrogen and oxygen atoms in total. The van der Waals surface area contributed by atoms with Crippen molar-refractivity contribution < 1.29 is 19.7 Å². The molecule has 148 valence electrons. The van der Waals surface area contributed by atoms with Gasteiger partial charge in [0.2, 0.25) is 0 Å². The standard InChI is InChI=1S/C21H40O4/c1-2-3-4-5-6-7-8-9-10-11-12-13-14-15-16-17-21(24)25-20(18-22)19-23/h12-13,20,22-23H,2-11,14-19H2,1H3/b13-12-. The summed E-state index contributed by atoms with van der Waals surface area (Å²) in [6, 6.07) is 0. The van der Waals surface area contributed by atoms with E-state index in [1.807, 2.05) is 0 Å². The lowest BCUT2D eigenvalue weighted by Crippen LogP contribution is -2.25. The molecule has 0 spiro atoms. The first-order valence-electron chi connectivity index (χ1n) is 10.3. The molecule has 0 saturated heterocycles. The Hall–Kier alpha value is -0.870. The van der Waals surface area contributed by atoms with Crippen LogP contribution < -0.4 is 0 Å². The SMILES string of the molecule is CCCCCCCCCCC/C=C\CCCCC(=O)OC(CO)CO. The van der Waals surface area contributed by atoms with E-state index in [1.54, 1.807) is 0 Å². The fourth-order valence-electron chi connectivity index (χ4n) is 2.72. The number of carbonyl (C=O) groups excluding carboxylic acids is 1. The van der Waals surface area contributed by atoms with Crippen LogP contribution in [0.2, 0.25) is 0 Å². The third kappa shape index (κ3) is 17.7. The molecule has 0 amide bonds. The summed E-state index contributed by atoms with van der Waals surface area (Å²) in [5.74, 6) is -0.341. The Balaban J connectivity index is 3.29. The molecule has 0 unspecified atom stereocenters. The highest BCUT2D eigenvalue weighted by atomic mass is 16.6. The molecule has 4 heteroatoms. The van der Waals surface area contributed by atoms with Crippen LogP contribution >= 0.6 is 0 Å². The molecule has 0 aliphatic carbocycles. The molecule has 0 aromatic carbocycles. The number of ether oxygens (including phenoxy) is 1. The van der Waals surface area contributed by atoms with Gasteiger partial charge in [0.1, 0.15) is 6.10 Å². The van der Waals surface area contributed by atoms with Crippen LogP contribution in [0, 0.1) is 0 Å². The smallest absolute Gasteiger partial charge is 0.306 e. The molecule has 0 heterocycles. The van der Waals surface area contributed by atoms with Crippen molar-refractivity contribution >= 4 is 5.97 Å². The second kappa shape index (κ2) is 19.5. The number of allylic oxidation sites excluding steroid dienone is 2. The van der Waals surface area contributed by atoms with E-state index in [-0.39, 0.29) is 19.2 Å². The molecule has 25 heavy (non-hydrogen) atoms. The predicted molar refractivity (Wildman–Crippen MR) is 104 cm³/mol. The first-order chi connectivity index (χ1) is 12.2. The summed E-state index contributed by atoms with van der Waals surface area (Å²) in [6.45, 7) is 1.60. The molecule has 0 fully saturated rings. The minimum atomic E-state index is -0.774. The van der Waals surface area contributed by atoms with Gasteiger partial charge < -0.3 is 14.9 Å². The zero-order valence-corrected chi connectivity index (χ0v) is 16.3. The zero-order valence-electron chi connectivity index (χ0n) is 16.3. The summed E-state index contributed by atoms with van der Waals surface area (Å²) in [7, 11) is 0. The van der Waals surface area contributed by atoms with Crippen LogP contribution in [0.5, 0.6) is 0 Å². The van der Waals surface area contributed by atoms with E-state index >= 15 is 0 Å². The average Bonchev–Trinajstić information content (AvgIpc) is 2.62. The minimum absolute atomic E-state index is 0.330. The largest absolute Gasteiger partial charge is 0.457 e. The van der Waals surface area contributed by atoms with Crippen molar-refractivity contribution in [3.8, 4) is 0 Å². The number of unbranched alkanes of at least 4 members (excludes halogenated alkanes) is 11. The van der Waals surface area contributed by atoms with E-state index in [2.05, 4.69) is 19.1 Å². The van der Waals surface area contributed by atoms with Crippen molar-refractivity contribution in [2.45, 2.75) is 103 Å². The topological polar surface area (TPSA) is 66.8 Å². The van der Waals surface area contributed by atoms with Gasteiger partial charge in [-0.2, -0.15) is 0 Å². The van der Waals surface area contributed by atoms with Crippen molar-refractivity contribution in [2.24, 2.45) is 0 Å². The van der Waals surface area contributed by atoms with Gasteiger partial charge in [0.25, 0.3) is 0 Å². The van der Waals surface area contributed by atoms with E-state index in [9.17, 15) is 4.79 Å². The van der Waals surface area contributed by atoms with Gasteiger partial charge in [-0.3, -0.25) is 4.79 Å². The van der Waals surface area contributed by atoms with Gasteiger partial charge in [-0.25, -0.2) is 0 Å². The van der Waals surface area contributed by atoms with E-state index in [0.29, 0.717) is 6.42 Å². The monoisotopic (exact) mass is 356 g/mol. The van der Waals surface area contributed by atoms with Crippen LogP contribution in [-0.2, 0) is 9.53 Å². The fraction of sp³-hybridized carbons (Fsp3) is 0.857. The second-order valence-electron chi connectivity index (χ2n) is 6.81. The molecule has 0 saturated carbocycles. The van der Waals surface area contributed by atoms with Crippen LogP contribution in [0.15, 0.2) is 12.2 Å². The van der Waals surface area contributed by atoms with Gasteiger partial charge in [-0.1, -0.05) is 70.4 Å². The van der Waals surface area contributed by atoms with Crippen LogP contribution in [-0.4, -0.2) is 35.5 Å². The molecule has 0 bridgehead atoms. The van der Waals surface area contributed by atoms with Crippen molar-refractivity contribution in [1.29, 1.82) is 0 Å². The Morgan fingerprint density at radius 3 is 1.80 bits per heavy atom. The van der Waals surface area contributed by atoms with Crippen molar-refractivity contribution in [3.05, 3.63) is 12.2 Å². The molecule has 2 N–H and O–H groups in total. The summed E-state index contributed by atoms with van der Waals surface area (Å²) in [6.07, 6.45) is 20.2. The molecule has 0 aromatic heterocycles. The maximum absolute atomic E-state index is 11.4. The van der Waals surface area contributed by atoms with Crippen LogP contribution in [0.3, 0.4) is 0 Å². The predicted octanol–water partition coefficient (Wildman–Crippen LogP) is 4.92. The van der Waals surface area contributed by atoms with Crippen LogP contribution in [0.25, 0.3) is 0 Å². The highest BCUT2D eigenvalue weighted by Gasteiger charge is 2.11. The van der Waals surface area contributed by atoms with Gasteiger partial charge in [-0.15, -0.1) is 0 Å². The van der Waals surface area contributed by atoms with Gasteiger partial charge in [0.15, 0.2) is 0 Å². The molecular weight excluding hydrogens is 316 g/mol. The number of aliphatic hydroxyl groups excluding tert-OH is 2. The third-order valence-electron chi connectivity index (χ3n) is 4.35. The van der Waals surface area contributed by atoms with E-state index in [0.717, 1.165) is 25.7 Å². The fourth-order valence-corrected chi connectivity index (χ4v) is 2.72. The Labute approximate surface area is 154 Å². The summed E-state index contributed by atoms with van der Waals surface area (Å²) < 4.78 is 4.91. The second-order valence-corrected chi connectivity index (χ2v) is 6.81. The number of rotatable bonds is 18. The summed E-state index contributed by atoms with van der Waals surface area (Å²) in [5, 5.41) is 17.7. The van der Waals surface area contributed by atoms with Gasteiger partial charge >= 0.3 is 5.97 Å². The molecule has 0 radical (unpaired) electrons. The van der Waals surface area contributed by atoms with Crippen LogP contribution in [0.4, 0.5) is 0 Å². The number of esters is 1. The van der Waals surface area contributed by atoms with Crippen molar-refractivity contribution in [1.82, 2.24) is 0 Å². The first kappa shape index (κ1) is 24.1. The van der Waals surface area contributed by atoms with E-state index in [4.69, 9.17) is 14.9 Å². The number of aliphatic hydroxyl groups is 2. The Morgan fingerprint density at radius 2 is 1.28 bits per heavy atom. The molecule has 0 rings (SSSR count). The quantitative estimate of drug-likeness (QED) is 0.208. The van der Waals surface area contributed by atoms with Gasteiger partial charge in [0.05, 0.1) is 13.2 Å². The minimum Gasteiger partial charge on any atom is -0.457 e. The number of carbonyl (C=O) groups is 1. The van der Waals surface area contributed by atoms with Crippen LogP contribution in [0.1, 0.15) is 96.8 Å². The Kier molecular flexibility index (Phi) is 18.8. The lowest BCUT2D eigenvalue weighted by atomic mass is 10.1.